The molecule has 10 heteroatoms. The Morgan fingerprint density at radius 1 is 1.17 bits per heavy atom. The van der Waals surface area contributed by atoms with Gasteiger partial charge in [-0.05, 0) is 24.3 Å². The van der Waals surface area contributed by atoms with Gasteiger partial charge in [0, 0.05) is 5.56 Å². The first-order chi connectivity index (χ1) is 11.1. The number of esters is 1. The Morgan fingerprint density at radius 2 is 1.71 bits per heavy atom. The van der Waals surface area contributed by atoms with Gasteiger partial charge in [-0.25, -0.2) is 4.79 Å². The number of nitrogens with one attached hydrogen (secondary N) is 1. The summed E-state index contributed by atoms with van der Waals surface area (Å²) in [7, 11) is 1.43. The van der Waals surface area contributed by atoms with Gasteiger partial charge in [0.15, 0.2) is 18.1 Å². The topological polar surface area (TPSA) is 128 Å². The molecule has 1 aromatic rings. The maximum absolute atomic E-state index is 12.5. The summed E-state index contributed by atoms with van der Waals surface area (Å²) in [6.07, 6.45) is -5.14. The molecular weight excluding hydrogens is 331 g/mol. The molecule has 0 aliphatic carbocycles. The minimum atomic E-state index is -5.14. The van der Waals surface area contributed by atoms with Crippen LogP contribution in [0, 0.1) is 5.41 Å². The quantitative estimate of drug-likeness (QED) is 0.307. The fourth-order valence-electron chi connectivity index (χ4n) is 1.57. The molecule has 0 atom stereocenters. The standard InChI is InChI=1S/C14H14F3N3O4/c1-23-8-4-2-7(3-5-8)9(21)6-24-13(22)10(12(19)20)11(18)14(15,16)17/h2-5,18H,6,19-20H2,1H3. The Morgan fingerprint density at radius 3 is 2.12 bits per heavy atom. The van der Waals surface area contributed by atoms with E-state index in [0.29, 0.717) is 5.75 Å². The molecule has 1 aromatic carbocycles. The van der Waals surface area contributed by atoms with E-state index in [1.807, 2.05) is 0 Å². The Hall–Kier alpha value is -3.04. The van der Waals surface area contributed by atoms with Crippen molar-refractivity contribution >= 4 is 17.5 Å². The SMILES string of the molecule is COc1ccc(C(=O)COC(=O)C(C(=N)C(F)(F)F)=C(N)N)cc1. The van der Waals surface area contributed by atoms with E-state index in [4.69, 9.17) is 21.6 Å². The van der Waals surface area contributed by atoms with Gasteiger partial charge in [0.05, 0.1) is 7.11 Å². The molecule has 7 nitrogen and oxygen atoms in total. The van der Waals surface area contributed by atoms with E-state index in [1.54, 1.807) is 0 Å². The van der Waals surface area contributed by atoms with Crippen LogP contribution in [-0.2, 0) is 9.53 Å². The highest BCUT2D eigenvalue weighted by atomic mass is 19.4. The molecule has 5 N–H and O–H groups in total. The van der Waals surface area contributed by atoms with Crippen LogP contribution in [0.5, 0.6) is 5.75 Å². The second-order valence-electron chi connectivity index (χ2n) is 4.43. The minimum Gasteiger partial charge on any atom is -0.497 e. The summed E-state index contributed by atoms with van der Waals surface area (Å²) in [5, 5.41) is 6.91. The number of nitrogens with two attached hydrogens (primary N) is 2. The van der Waals surface area contributed by atoms with Gasteiger partial charge < -0.3 is 20.9 Å². The number of hydrogen-bond acceptors (Lipinski definition) is 7. The Balaban J connectivity index is 2.81. The third kappa shape index (κ3) is 4.73. The molecule has 0 amide bonds. The molecule has 24 heavy (non-hydrogen) atoms. The number of Topliss-reactive ketones (excluding diaryl/α,β-unsaturated/α-hetero) is 1. The van der Waals surface area contributed by atoms with E-state index < -0.39 is 41.6 Å². The third-order valence-corrected chi connectivity index (χ3v) is 2.77. The summed E-state index contributed by atoms with van der Waals surface area (Å²) in [5.41, 5.74) is 6.76. The lowest BCUT2D eigenvalue weighted by Gasteiger charge is -2.12. The summed E-state index contributed by atoms with van der Waals surface area (Å²) < 4.78 is 46.9. The first kappa shape index (κ1) is 19.0. The van der Waals surface area contributed by atoms with Crippen LogP contribution in [0.4, 0.5) is 13.2 Å². The average molecular weight is 345 g/mol. The summed E-state index contributed by atoms with van der Waals surface area (Å²) in [5.74, 6) is -2.82. The van der Waals surface area contributed by atoms with Crippen molar-refractivity contribution in [2.75, 3.05) is 13.7 Å². The van der Waals surface area contributed by atoms with Crippen molar-refractivity contribution < 1.29 is 32.2 Å². The molecule has 0 aromatic heterocycles. The molecule has 0 radical (unpaired) electrons. The molecule has 130 valence electrons. The van der Waals surface area contributed by atoms with E-state index in [0.717, 1.165) is 0 Å². The van der Waals surface area contributed by atoms with Gasteiger partial charge in [0.25, 0.3) is 0 Å². The zero-order valence-electron chi connectivity index (χ0n) is 12.4. The summed E-state index contributed by atoms with van der Waals surface area (Å²) in [6.45, 7) is -0.840. The van der Waals surface area contributed by atoms with Crippen molar-refractivity contribution in [2.45, 2.75) is 6.18 Å². The number of alkyl halides is 3. The average Bonchev–Trinajstić information content (AvgIpc) is 2.51. The van der Waals surface area contributed by atoms with Gasteiger partial charge >= 0.3 is 12.1 Å². The first-order valence-electron chi connectivity index (χ1n) is 6.33. The van der Waals surface area contributed by atoms with Crippen molar-refractivity contribution in [3.63, 3.8) is 0 Å². The van der Waals surface area contributed by atoms with E-state index in [9.17, 15) is 22.8 Å². The number of carbonyl (C=O) groups is 2. The smallest absolute Gasteiger partial charge is 0.433 e. The van der Waals surface area contributed by atoms with E-state index >= 15 is 0 Å². The molecule has 0 aliphatic heterocycles. The molecule has 1 rings (SSSR count). The molecule has 0 spiro atoms. The molecule has 0 bridgehead atoms. The second kappa shape index (κ2) is 7.49. The van der Waals surface area contributed by atoms with Crippen LogP contribution >= 0.6 is 0 Å². The van der Waals surface area contributed by atoms with Gasteiger partial charge in [-0.1, -0.05) is 0 Å². The number of hydrogen-bond donors (Lipinski definition) is 3. The molecule has 0 heterocycles. The fourth-order valence-corrected chi connectivity index (χ4v) is 1.57. The third-order valence-electron chi connectivity index (χ3n) is 2.77. The lowest BCUT2D eigenvalue weighted by atomic mass is 10.1. The zero-order valence-corrected chi connectivity index (χ0v) is 12.4. The summed E-state index contributed by atoms with van der Waals surface area (Å²) >= 11 is 0. The molecular formula is C14H14F3N3O4. The van der Waals surface area contributed by atoms with Crippen molar-refractivity contribution in [3.8, 4) is 5.75 Å². The van der Waals surface area contributed by atoms with Crippen LogP contribution in [0.25, 0.3) is 0 Å². The summed E-state index contributed by atoms with van der Waals surface area (Å²) in [6, 6.07) is 5.75. The van der Waals surface area contributed by atoms with Crippen molar-refractivity contribution in [2.24, 2.45) is 11.5 Å². The maximum Gasteiger partial charge on any atom is 0.433 e. The number of benzene rings is 1. The largest absolute Gasteiger partial charge is 0.497 e. The fraction of sp³-hybridized carbons (Fsp3) is 0.214. The van der Waals surface area contributed by atoms with Gasteiger partial charge in [-0.15, -0.1) is 0 Å². The Kier molecular flexibility index (Phi) is 5.93. The highest BCUT2D eigenvalue weighted by Gasteiger charge is 2.41. The Labute approximate surface area is 134 Å². The lowest BCUT2D eigenvalue weighted by molar-refractivity contribution is -0.138. The van der Waals surface area contributed by atoms with Crippen LogP contribution in [0.3, 0.4) is 0 Å². The maximum atomic E-state index is 12.5. The van der Waals surface area contributed by atoms with E-state index in [1.165, 1.54) is 31.4 Å². The van der Waals surface area contributed by atoms with Crippen molar-refractivity contribution in [1.82, 2.24) is 0 Å². The number of rotatable bonds is 6. The van der Waals surface area contributed by atoms with Crippen LogP contribution in [0.2, 0.25) is 0 Å². The van der Waals surface area contributed by atoms with Crippen LogP contribution < -0.4 is 16.2 Å². The van der Waals surface area contributed by atoms with Crippen LogP contribution in [0.15, 0.2) is 35.7 Å². The zero-order chi connectivity index (χ0) is 18.5. The van der Waals surface area contributed by atoms with E-state index in [2.05, 4.69) is 4.74 Å². The molecule has 0 unspecified atom stereocenters. The van der Waals surface area contributed by atoms with E-state index in [-0.39, 0.29) is 5.56 Å². The van der Waals surface area contributed by atoms with Crippen LogP contribution in [-0.4, -0.2) is 37.4 Å². The molecule has 0 saturated heterocycles. The highest BCUT2D eigenvalue weighted by Crippen LogP contribution is 2.22. The van der Waals surface area contributed by atoms with Crippen molar-refractivity contribution in [3.05, 3.63) is 41.2 Å². The highest BCUT2D eigenvalue weighted by molar-refractivity contribution is 6.21. The first-order valence-corrected chi connectivity index (χ1v) is 6.33. The second-order valence-corrected chi connectivity index (χ2v) is 4.43. The summed E-state index contributed by atoms with van der Waals surface area (Å²) in [4.78, 5) is 23.5. The van der Waals surface area contributed by atoms with Gasteiger partial charge in [-0.2, -0.15) is 13.2 Å². The number of ketones is 1. The van der Waals surface area contributed by atoms with Gasteiger partial charge in [0.2, 0.25) is 0 Å². The van der Waals surface area contributed by atoms with Gasteiger partial charge in [-0.3, -0.25) is 10.2 Å². The molecule has 0 aliphatic rings. The Bertz CT molecular complexity index is 678. The predicted molar refractivity (Wildman–Crippen MR) is 77.5 cm³/mol. The van der Waals surface area contributed by atoms with Crippen LogP contribution in [0.1, 0.15) is 10.4 Å². The van der Waals surface area contributed by atoms with Crippen molar-refractivity contribution in [1.29, 1.82) is 5.41 Å². The number of ether oxygens (including phenoxy) is 2. The minimum absolute atomic E-state index is 0.153. The van der Waals surface area contributed by atoms with Gasteiger partial charge in [0.1, 0.15) is 17.1 Å². The predicted octanol–water partition coefficient (Wildman–Crippen LogP) is 1.13. The number of halogens is 3. The monoisotopic (exact) mass is 345 g/mol. The number of methoxy groups -OCH3 is 1. The lowest BCUT2D eigenvalue weighted by Crippen LogP contribution is -2.33. The number of carbonyl (C=O) groups excluding carboxylic acids is 2. The normalized spacial score (nSPS) is 10.7. The molecule has 0 saturated carbocycles. The molecule has 0 fully saturated rings.